The van der Waals surface area contributed by atoms with Crippen molar-refractivity contribution in [1.29, 1.82) is 0 Å². The second kappa shape index (κ2) is 8.03. The van der Waals surface area contributed by atoms with E-state index in [1.165, 1.54) is 0 Å². The van der Waals surface area contributed by atoms with Gasteiger partial charge in [0.1, 0.15) is 5.75 Å². The molecule has 1 amide bonds. The van der Waals surface area contributed by atoms with Crippen molar-refractivity contribution in [3.63, 3.8) is 0 Å². The van der Waals surface area contributed by atoms with E-state index in [9.17, 15) is 4.79 Å². The van der Waals surface area contributed by atoms with Gasteiger partial charge in [-0.25, -0.2) is 0 Å². The number of halogens is 1. The van der Waals surface area contributed by atoms with Crippen LogP contribution in [0.3, 0.4) is 0 Å². The Morgan fingerprint density at radius 1 is 1.14 bits per heavy atom. The lowest BCUT2D eigenvalue weighted by Gasteiger charge is -2.07. The predicted molar refractivity (Wildman–Crippen MR) is 90.0 cm³/mol. The Morgan fingerprint density at radius 2 is 1.90 bits per heavy atom. The molecule has 0 radical (unpaired) electrons. The third kappa shape index (κ3) is 4.74. The van der Waals surface area contributed by atoms with Crippen molar-refractivity contribution in [3.8, 4) is 5.75 Å². The van der Waals surface area contributed by atoms with Crippen molar-refractivity contribution in [2.75, 3.05) is 12.4 Å². The van der Waals surface area contributed by atoms with E-state index >= 15 is 0 Å². The maximum Gasteiger partial charge on any atom is 0.220 e. The van der Waals surface area contributed by atoms with E-state index in [1.807, 2.05) is 24.3 Å². The average Bonchev–Trinajstić information content (AvgIpc) is 2.52. The van der Waals surface area contributed by atoms with Gasteiger partial charge in [0.15, 0.2) is 0 Å². The van der Waals surface area contributed by atoms with Crippen LogP contribution in [-0.2, 0) is 11.3 Å². The van der Waals surface area contributed by atoms with Gasteiger partial charge < -0.3 is 10.1 Å². The summed E-state index contributed by atoms with van der Waals surface area (Å²) in [5.41, 5.74) is 1.11. The van der Waals surface area contributed by atoms with Gasteiger partial charge in [0.05, 0.1) is 7.11 Å². The molecule has 0 aliphatic carbocycles. The number of nitrogens with one attached hydrogen (secondary N) is 1. The molecule has 0 atom stereocenters. The lowest BCUT2D eigenvalue weighted by Crippen LogP contribution is -2.22. The molecule has 0 unspecified atom stereocenters. The normalized spacial score (nSPS) is 10.6. The van der Waals surface area contributed by atoms with Gasteiger partial charge >= 0.3 is 0 Å². The Labute approximate surface area is 133 Å². The second-order valence-corrected chi connectivity index (χ2v) is 5.76. The minimum Gasteiger partial charge on any atom is -0.497 e. The standard InChI is InChI=1S/C17H20BrNO2/c1-21-16-8-7-14-10-13(5-6-15(14)11-16)12-19-17(20)4-2-3-9-18/h5-8,10-11H,2-4,9,12H2,1H3,(H,19,20). The minimum absolute atomic E-state index is 0.116. The summed E-state index contributed by atoms with van der Waals surface area (Å²) < 4.78 is 5.22. The van der Waals surface area contributed by atoms with E-state index < -0.39 is 0 Å². The van der Waals surface area contributed by atoms with E-state index in [1.54, 1.807) is 7.11 Å². The van der Waals surface area contributed by atoms with Crippen LogP contribution in [0.2, 0.25) is 0 Å². The van der Waals surface area contributed by atoms with E-state index in [0.717, 1.165) is 40.3 Å². The smallest absolute Gasteiger partial charge is 0.220 e. The maximum atomic E-state index is 11.7. The number of hydrogen-bond acceptors (Lipinski definition) is 2. The quantitative estimate of drug-likeness (QED) is 0.605. The highest BCUT2D eigenvalue weighted by atomic mass is 79.9. The third-order valence-electron chi connectivity index (χ3n) is 3.39. The summed E-state index contributed by atoms with van der Waals surface area (Å²) in [6.07, 6.45) is 2.55. The molecule has 0 aliphatic heterocycles. The number of amides is 1. The maximum absolute atomic E-state index is 11.7. The topological polar surface area (TPSA) is 38.3 Å². The van der Waals surface area contributed by atoms with Crippen molar-refractivity contribution >= 4 is 32.6 Å². The van der Waals surface area contributed by atoms with Crippen molar-refractivity contribution in [3.05, 3.63) is 42.0 Å². The van der Waals surface area contributed by atoms with Crippen LogP contribution in [-0.4, -0.2) is 18.3 Å². The second-order valence-electron chi connectivity index (χ2n) is 4.97. The molecule has 2 rings (SSSR count). The first kappa shape index (κ1) is 15.8. The first-order chi connectivity index (χ1) is 10.2. The summed E-state index contributed by atoms with van der Waals surface area (Å²) in [7, 11) is 1.67. The number of unbranched alkanes of at least 4 members (excludes halogenated alkanes) is 1. The number of carbonyl (C=O) groups is 1. The van der Waals surface area contributed by atoms with Gasteiger partial charge in [-0.2, -0.15) is 0 Å². The van der Waals surface area contributed by atoms with Gasteiger partial charge in [-0.1, -0.05) is 34.1 Å². The van der Waals surface area contributed by atoms with Crippen LogP contribution in [0.4, 0.5) is 0 Å². The van der Waals surface area contributed by atoms with E-state index in [0.29, 0.717) is 13.0 Å². The Morgan fingerprint density at radius 3 is 2.67 bits per heavy atom. The highest BCUT2D eigenvalue weighted by Gasteiger charge is 2.02. The number of benzene rings is 2. The summed E-state index contributed by atoms with van der Waals surface area (Å²) in [5.74, 6) is 0.973. The molecule has 2 aromatic rings. The molecule has 0 bridgehead atoms. The molecule has 112 valence electrons. The lowest BCUT2D eigenvalue weighted by atomic mass is 10.1. The van der Waals surface area contributed by atoms with Crippen molar-refractivity contribution in [2.45, 2.75) is 25.8 Å². The Balaban J connectivity index is 1.95. The van der Waals surface area contributed by atoms with Crippen LogP contribution in [0.1, 0.15) is 24.8 Å². The zero-order valence-corrected chi connectivity index (χ0v) is 13.8. The summed E-state index contributed by atoms with van der Waals surface area (Å²) >= 11 is 3.37. The predicted octanol–water partition coefficient (Wildman–Crippen LogP) is 4.03. The molecule has 4 heteroatoms. The Kier molecular flexibility index (Phi) is 6.05. The average molecular weight is 350 g/mol. The summed E-state index contributed by atoms with van der Waals surface area (Å²) in [6, 6.07) is 12.2. The highest BCUT2D eigenvalue weighted by Crippen LogP contribution is 2.21. The first-order valence-corrected chi connectivity index (χ1v) is 8.24. The molecule has 0 saturated carbocycles. The number of hydrogen-bond donors (Lipinski definition) is 1. The number of rotatable bonds is 7. The van der Waals surface area contributed by atoms with Gasteiger partial charge in [-0.05, 0) is 47.4 Å². The fourth-order valence-electron chi connectivity index (χ4n) is 2.18. The highest BCUT2D eigenvalue weighted by molar-refractivity contribution is 9.09. The van der Waals surface area contributed by atoms with E-state index in [4.69, 9.17) is 4.74 Å². The molecule has 1 N–H and O–H groups in total. The summed E-state index contributed by atoms with van der Waals surface area (Å²) in [6.45, 7) is 0.578. The zero-order valence-electron chi connectivity index (χ0n) is 12.2. The number of carbonyl (C=O) groups excluding carboxylic acids is 1. The third-order valence-corrected chi connectivity index (χ3v) is 3.95. The molecule has 2 aromatic carbocycles. The van der Waals surface area contributed by atoms with Crippen LogP contribution in [0.15, 0.2) is 36.4 Å². The largest absolute Gasteiger partial charge is 0.497 e. The molecular formula is C17H20BrNO2. The van der Waals surface area contributed by atoms with Crippen LogP contribution < -0.4 is 10.1 Å². The fourth-order valence-corrected chi connectivity index (χ4v) is 2.58. The monoisotopic (exact) mass is 349 g/mol. The van der Waals surface area contributed by atoms with Crippen molar-refractivity contribution in [1.82, 2.24) is 5.32 Å². The molecule has 0 heterocycles. The van der Waals surface area contributed by atoms with Crippen LogP contribution in [0.25, 0.3) is 10.8 Å². The molecular weight excluding hydrogens is 330 g/mol. The van der Waals surface area contributed by atoms with Crippen molar-refractivity contribution < 1.29 is 9.53 Å². The molecule has 0 aromatic heterocycles. The molecule has 3 nitrogen and oxygen atoms in total. The molecule has 0 aliphatic rings. The molecule has 0 saturated heterocycles. The fraction of sp³-hybridized carbons (Fsp3) is 0.353. The number of alkyl halides is 1. The first-order valence-electron chi connectivity index (χ1n) is 7.12. The van der Waals surface area contributed by atoms with Gasteiger partial charge in [0.25, 0.3) is 0 Å². The number of ether oxygens (including phenoxy) is 1. The molecule has 0 fully saturated rings. The summed E-state index contributed by atoms with van der Waals surface area (Å²) in [4.78, 5) is 11.7. The minimum atomic E-state index is 0.116. The van der Waals surface area contributed by atoms with Gasteiger partial charge in [-0.15, -0.1) is 0 Å². The Bertz CT molecular complexity index is 613. The number of fused-ring (bicyclic) bond motifs is 1. The van der Waals surface area contributed by atoms with Gasteiger partial charge in [-0.3, -0.25) is 4.79 Å². The van der Waals surface area contributed by atoms with E-state index in [-0.39, 0.29) is 5.91 Å². The van der Waals surface area contributed by atoms with Crippen LogP contribution in [0.5, 0.6) is 5.75 Å². The van der Waals surface area contributed by atoms with Crippen LogP contribution in [0, 0.1) is 0 Å². The lowest BCUT2D eigenvalue weighted by molar-refractivity contribution is -0.121. The SMILES string of the molecule is COc1ccc2cc(CNC(=O)CCCCBr)ccc2c1. The summed E-state index contributed by atoms with van der Waals surface area (Å²) in [5, 5.41) is 6.21. The number of methoxy groups -OCH3 is 1. The molecule has 21 heavy (non-hydrogen) atoms. The van der Waals surface area contributed by atoms with Crippen LogP contribution >= 0.6 is 15.9 Å². The Hall–Kier alpha value is -1.55. The van der Waals surface area contributed by atoms with Crippen molar-refractivity contribution in [2.24, 2.45) is 0 Å². The molecule has 0 spiro atoms. The van der Waals surface area contributed by atoms with Gasteiger partial charge in [0, 0.05) is 18.3 Å². The van der Waals surface area contributed by atoms with E-state index in [2.05, 4.69) is 33.4 Å². The zero-order chi connectivity index (χ0) is 15.1. The van der Waals surface area contributed by atoms with Gasteiger partial charge in [0.2, 0.25) is 5.91 Å².